The minimum atomic E-state index is -0.584. The molecule has 0 spiro atoms. The summed E-state index contributed by atoms with van der Waals surface area (Å²) in [4.78, 5) is 0. The van der Waals surface area contributed by atoms with Crippen molar-refractivity contribution in [3.05, 3.63) is 29.7 Å². The van der Waals surface area contributed by atoms with Crippen molar-refractivity contribution >= 4 is 5.82 Å². The molecule has 86 valence electrons. The van der Waals surface area contributed by atoms with Crippen molar-refractivity contribution < 1.29 is 5.11 Å². The van der Waals surface area contributed by atoms with Gasteiger partial charge in [-0.05, 0) is 18.4 Å². The molecule has 2 heterocycles. The fourth-order valence-electron chi connectivity index (χ4n) is 1.63. The number of aromatic nitrogens is 4. The van der Waals surface area contributed by atoms with Crippen molar-refractivity contribution in [2.24, 2.45) is 7.05 Å². The molecule has 2 aromatic heterocycles. The maximum atomic E-state index is 9.89. The highest BCUT2D eigenvalue weighted by Crippen LogP contribution is 2.22. The van der Waals surface area contributed by atoms with Gasteiger partial charge in [0.1, 0.15) is 5.82 Å². The zero-order valence-corrected chi connectivity index (χ0v) is 9.09. The van der Waals surface area contributed by atoms with Gasteiger partial charge in [-0.15, -0.1) is 0 Å². The summed E-state index contributed by atoms with van der Waals surface area (Å²) in [5.74, 6) is 0.429. The van der Waals surface area contributed by atoms with Crippen LogP contribution >= 0.6 is 0 Å². The predicted octanol–water partition coefficient (Wildman–Crippen LogP) is 0.392. The molecule has 2 aromatic rings. The largest absolute Gasteiger partial charge is 0.388 e. The Hall–Kier alpha value is -1.82. The molecule has 6 heteroatoms. The Bertz CT molecular complexity index is 461. The van der Waals surface area contributed by atoms with E-state index in [2.05, 4.69) is 15.3 Å². The quantitative estimate of drug-likeness (QED) is 0.696. The average Bonchev–Trinajstić information content (AvgIpc) is 2.84. The van der Waals surface area contributed by atoms with E-state index >= 15 is 0 Å². The monoisotopic (exact) mass is 221 g/mol. The van der Waals surface area contributed by atoms with Gasteiger partial charge in [-0.3, -0.25) is 9.78 Å². The number of hydrogen-bond acceptors (Lipinski definition) is 4. The zero-order valence-electron chi connectivity index (χ0n) is 9.09. The van der Waals surface area contributed by atoms with Crippen LogP contribution < -0.4 is 5.73 Å². The molecule has 0 aromatic carbocycles. The van der Waals surface area contributed by atoms with Gasteiger partial charge in [0.15, 0.2) is 0 Å². The topological polar surface area (TPSA) is 92.8 Å². The van der Waals surface area contributed by atoms with Gasteiger partial charge in [-0.2, -0.15) is 10.2 Å². The first-order valence-corrected chi connectivity index (χ1v) is 5.11. The van der Waals surface area contributed by atoms with Crippen LogP contribution in [0, 0.1) is 0 Å². The Morgan fingerprint density at radius 2 is 2.38 bits per heavy atom. The Balaban J connectivity index is 1.93. The molecule has 1 atom stereocenters. The van der Waals surface area contributed by atoms with E-state index in [1.54, 1.807) is 17.1 Å². The standard InChI is InChI=1S/C10H15N5O/c1-15-6-7(4-13-15)2-3-9(16)8-5-12-14-10(8)11/h4-6,9,16H,2-3H2,1H3,(H3,11,12,14). The molecule has 2 rings (SSSR count). The molecule has 0 saturated carbocycles. The Kier molecular flexibility index (Phi) is 2.91. The second-order valence-corrected chi connectivity index (χ2v) is 3.82. The van der Waals surface area contributed by atoms with Crippen molar-refractivity contribution in [2.45, 2.75) is 18.9 Å². The van der Waals surface area contributed by atoms with Gasteiger partial charge in [-0.1, -0.05) is 0 Å². The SMILES string of the molecule is Cn1cc(CCC(O)c2cn[nH]c2N)cn1. The second kappa shape index (κ2) is 4.36. The first-order valence-electron chi connectivity index (χ1n) is 5.11. The molecule has 0 fully saturated rings. The van der Waals surface area contributed by atoms with Crippen LogP contribution in [0.2, 0.25) is 0 Å². The van der Waals surface area contributed by atoms with Crippen molar-refractivity contribution in [3.63, 3.8) is 0 Å². The van der Waals surface area contributed by atoms with E-state index < -0.39 is 6.10 Å². The molecule has 1 unspecified atom stereocenters. The third-order valence-electron chi connectivity index (χ3n) is 2.52. The predicted molar refractivity (Wildman–Crippen MR) is 59.5 cm³/mol. The molecule has 0 bridgehead atoms. The third-order valence-corrected chi connectivity index (χ3v) is 2.52. The van der Waals surface area contributed by atoms with Gasteiger partial charge in [0.05, 0.1) is 18.5 Å². The number of hydrogen-bond donors (Lipinski definition) is 3. The highest BCUT2D eigenvalue weighted by Gasteiger charge is 2.12. The van der Waals surface area contributed by atoms with Crippen molar-refractivity contribution in [3.8, 4) is 0 Å². The summed E-state index contributed by atoms with van der Waals surface area (Å²) in [6.07, 6.45) is 6.08. The number of aliphatic hydroxyl groups is 1. The van der Waals surface area contributed by atoms with Gasteiger partial charge < -0.3 is 10.8 Å². The lowest BCUT2D eigenvalue weighted by Crippen LogP contribution is -2.01. The number of nitrogen functional groups attached to an aromatic ring is 1. The van der Waals surface area contributed by atoms with Crippen LogP contribution in [0.3, 0.4) is 0 Å². The highest BCUT2D eigenvalue weighted by molar-refractivity contribution is 5.38. The first-order chi connectivity index (χ1) is 7.66. The van der Waals surface area contributed by atoms with E-state index in [9.17, 15) is 5.11 Å². The minimum absolute atomic E-state index is 0.429. The van der Waals surface area contributed by atoms with Crippen molar-refractivity contribution in [2.75, 3.05) is 5.73 Å². The van der Waals surface area contributed by atoms with E-state index in [4.69, 9.17) is 5.73 Å². The third kappa shape index (κ3) is 2.22. The van der Waals surface area contributed by atoms with E-state index in [0.29, 0.717) is 17.8 Å². The highest BCUT2D eigenvalue weighted by atomic mass is 16.3. The summed E-state index contributed by atoms with van der Waals surface area (Å²) in [6, 6.07) is 0. The molecule has 6 nitrogen and oxygen atoms in total. The fraction of sp³-hybridized carbons (Fsp3) is 0.400. The lowest BCUT2D eigenvalue weighted by atomic mass is 10.1. The molecule has 0 aliphatic rings. The number of anilines is 1. The average molecular weight is 221 g/mol. The molecule has 0 radical (unpaired) electrons. The zero-order chi connectivity index (χ0) is 11.5. The summed E-state index contributed by atoms with van der Waals surface area (Å²) in [7, 11) is 1.87. The fourth-order valence-corrected chi connectivity index (χ4v) is 1.63. The second-order valence-electron chi connectivity index (χ2n) is 3.82. The molecule has 0 aliphatic heterocycles. The molecule has 4 N–H and O–H groups in total. The Labute approximate surface area is 93.1 Å². The van der Waals surface area contributed by atoms with Gasteiger partial charge in [0.2, 0.25) is 0 Å². The van der Waals surface area contributed by atoms with Crippen LogP contribution in [-0.2, 0) is 13.5 Å². The van der Waals surface area contributed by atoms with E-state index in [0.717, 1.165) is 12.0 Å². The maximum Gasteiger partial charge on any atom is 0.124 e. The molecule has 0 saturated heterocycles. The number of rotatable bonds is 4. The van der Waals surface area contributed by atoms with E-state index in [1.807, 2.05) is 13.2 Å². The van der Waals surface area contributed by atoms with Gasteiger partial charge in [0.25, 0.3) is 0 Å². The van der Waals surface area contributed by atoms with Gasteiger partial charge in [0, 0.05) is 18.8 Å². The molecular weight excluding hydrogens is 206 g/mol. The lowest BCUT2D eigenvalue weighted by molar-refractivity contribution is 0.168. The van der Waals surface area contributed by atoms with Crippen LogP contribution in [0.5, 0.6) is 0 Å². The summed E-state index contributed by atoms with van der Waals surface area (Å²) in [6.45, 7) is 0. The van der Waals surface area contributed by atoms with Crippen LogP contribution in [0.1, 0.15) is 23.7 Å². The normalized spacial score (nSPS) is 12.9. The summed E-state index contributed by atoms with van der Waals surface area (Å²) < 4.78 is 1.74. The number of aryl methyl sites for hydroxylation is 2. The molecule has 0 aliphatic carbocycles. The maximum absolute atomic E-state index is 9.89. The minimum Gasteiger partial charge on any atom is -0.388 e. The number of aromatic amines is 1. The van der Waals surface area contributed by atoms with E-state index in [-0.39, 0.29) is 0 Å². The van der Waals surface area contributed by atoms with Crippen molar-refractivity contribution in [1.29, 1.82) is 0 Å². The number of H-pyrrole nitrogens is 1. The van der Waals surface area contributed by atoms with Crippen molar-refractivity contribution in [1.82, 2.24) is 20.0 Å². The summed E-state index contributed by atoms with van der Waals surface area (Å²) >= 11 is 0. The molecule has 0 amide bonds. The van der Waals surface area contributed by atoms with Crippen LogP contribution in [0.25, 0.3) is 0 Å². The van der Waals surface area contributed by atoms with Crippen LogP contribution in [-0.4, -0.2) is 25.1 Å². The molecule has 16 heavy (non-hydrogen) atoms. The Morgan fingerprint density at radius 3 is 2.94 bits per heavy atom. The number of nitrogens with one attached hydrogen (secondary N) is 1. The van der Waals surface area contributed by atoms with Gasteiger partial charge >= 0.3 is 0 Å². The number of aliphatic hydroxyl groups excluding tert-OH is 1. The van der Waals surface area contributed by atoms with Gasteiger partial charge in [-0.25, -0.2) is 0 Å². The Morgan fingerprint density at radius 1 is 1.56 bits per heavy atom. The number of nitrogens with two attached hydrogens (primary N) is 1. The summed E-state index contributed by atoms with van der Waals surface area (Å²) in [5.41, 5.74) is 7.38. The van der Waals surface area contributed by atoms with Crippen LogP contribution in [0.15, 0.2) is 18.6 Å². The number of nitrogens with zero attached hydrogens (tertiary/aromatic N) is 3. The smallest absolute Gasteiger partial charge is 0.124 e. The van der Waals surface area contributed by atoms with E-state index in [1.165, 1.54) is 0 Å². The van der Waals surface area contributed by atoms with Crippen LogP contribution in [0.4, 0.5) is 5.82 Å². The lowest BCUT2D eigenvalue weighted by Gasteiger charge is -2.07. The first kappa shape index (κ1) is 10.7. The molecular formula is C10H15N5O. The summed E-state index contributed by atoms with van der Waals surface area (Å²) in [5, 5.41) is 20.3.